The van der Waals surface area contributed by atoms with Crippen molar-refractivity contribution >= 4 is 45.8 Å². The molecule has 0 spiro atoms. The van der Waals surface area contributed by atoms with Crippen LogP contribution in [0.25, 0.3) is 0 Å². The van der Waals surface area contributed by atoms with Gasteiger partial charge in [-0.15, -0.1) is 24.0 Å². The molecule has 0 aliphatic carbocycles. The van der Waals surface area contributed by atoms with E-state index in [1.54, 1.807) is 22.3 Å². The highest BCUT2D eigenvalue weighted by Crippen LogP contribution is 2.27. The van der Waals surface area contributed by atoms with Crippen LogP contribution in [-0.2, 0) is 0 Å². The molecule has 19 heavy (non-hydrogen) atoms. The fourth-order valence-corrected chi connectivity index (χ4v) is 3.21. The van der Waals surface area contributed by atoms with Gasteiger partial charge in [0.2, 0.25) is 0 Å². The molecule has 1 aromatic carbocycles. The van der Waals surface area contributed by atoms with Crippen molar-refractivity contribution < 1.29 is 4.79 Å². The molecule has 0 saturated heterocycles. The molecule has 2 rings (SSSR count). The number of thiol groups is 1. The van der Waals surface area contributed by atoms with Crippen LogP contribution in [0.5, 0.6) is 0 Å². The van der Waals surface area contributed by atoms with Crippen molar-refractivity contribution in [2.24, 2.45) is 0 Å². The van der Waals surface area contributed by atoms with E-state index in [9.17, 15) is 4.79 Å². The molecule has 0 bridgehead atoms. The largest absolute Gasteiger partial charge is 0.334 e. The van der Waals surface area contributed by atoms with Crippen LogP contribution in [0.15, 0.2) is 45.1 Å². The van der Waals surface area contributed by atoms with Gasteiger partial charge in [0.25, 0.3) is 5.91 Å². The highest BCUT2D eigenvalue weighted by molar-refractivity contribution is 9.10. The third-order valence-corrected chi connectivity index (χ3v) is 5.05. The van der Waals surface area contributed by atoms with Crippen molar-refractivity contribution in [1.29, 1.82) is 0 Å². The van der Waals surface area contributed by atoms with Gasteiger partial charge in [-0.05, 0) is 52.5 Å². The van der Waals surface area contributed by atoms with Gasteiger partial charge in [-0.1, -0.05) is 6.07 Å². The van der Waals surface area contributed by atoms with Crippen molar-refractivity contribution in [3.8, 4) is 0 Å². The zero-order chi connectivity index (χ0) is 14.0. The summed E-state index contributed by atoms with van der Waals surface area (Å²) in [7, 11) is 1.82. The van der Waals surface area contributed by atoms with Gasteiger partial charge in [0, 0.05) is 21.3 Å². The molecule has 0 saturated carbocycles. The lowest BCUT2D eigenvalue weighted by Gasteiger charge is -2.24. The number of nitrogens with zero attached hydrogens (tertiary/aromatic N) is 1. The van der Waals surface area contributed by atoms with Crippen molar-refractivity contribution in [2.75, 3.05) is 7.05 Å². The van der Waals surface area contributed by atoms with Gasteiger partial charge >= 0.3 is 0 Å². The Morgan fingerprint density at radius 3 is 2.79 bits per heavy atom. The molecule has 2 aromatic rings. The second kappa shape index (κ2) is 6.11. The Labute approximate surface area is 131 Å². The first-order valence-corrected chi connectivity index (χ1v) is 7.91. The van der Waals surface area contributed by atoms with E-state index < -0.39 is 0 Å². The average molecular weight is 356 g/mol. The Balaban J connectivity index is 2.26. The summed E-state index contributed by atoms with van der Waals surface area (Å²) in [5.41, 5.74) is 0.637. The van der Waals surface area contributed by atoms with Gasteiger partial charge in [0.1, 0.15) is 0 Å². The summed E-state index contributed by atoms with van der Waals surface area (Å²) in [5.74, 6) is -0.0105. The van der Waals surface area contributed by atoms with Gasteiger partial charge in [-0.3, -0.25) is 4.79 Å². The number of hydrogen-bond donors (Lipinski definition) is 1. The number of amides is 1. The molecule has 2 nitrogen and oxygen atoms in total. The number of rotatable bonds is 3. The molecule has 1 amide bonds. The van der Waals surface area contributed by atoms with Crippen LogP contribution in [0.1, 0.15) is 28.2 Å². The second-order valence-corrected chi connectivity index (χ2v) is 6.62. The molecule has 100 valence electrons. The number of benzene rings is 1. The number of hydrogen-bond acceptors (Lipinski definition) is 3. The average Bonchev–Trinajstić information content (AvgIpc) is 2.93. The molecule has 1 unspecified atom stereocenters. The monoisotopic (exact) mass is 355 g/mol. The van der Waals surface area contributed by atoms with Gasteiger partial charge in [0.15, 0.2) is 0 Å². The van der Waals surface area contributed by atoms with Crippen LogP contribution in [0.3, 0.4) is 0 Å². The van der Waals surface area contributed by atoms with E-state index in [4.69, 9.17) is 0 Å². The summed E-state index contributed by atoms with van der Waals surface area (Å²) < 4.78 is 0.792. The molecular weight excluding hydrogens is 342 g/mol. The minimum Gasteiger partial charge on any atom is -0.334 e. The molecule has 0 radical (unpaired) electrons. The van der Waals surface area contributed by atoms with Crippen LogP contribution < -0.4 is 0 Å². The quantitative estimate of drug-likeness (QED) is 0.795. The smallest absolute Gasteiger partial charge is 0.255 e. The van der Waals surface area contributed by atoms with E-state index in [-0.39, 0.29) is 11.9 Å². The highest BCUT2D eigenvalue weighted by atomic mass is 79.9. The first kappa shape index (κ1) is 14.6. The summed E-state index contributed by atoms with van der Waals surface area (Å²) in [4.78, 5) is 16.2. The molecular formula is C14H14BrNOS2. The molecule has 0 fully saturated rings. The van der Waals surface area contributed by atoms with Gasteiger partial charge in [0.05, 0.1) is 11.6 Å². The third-order valence-electron chi connectivity index (χ3n) is 3.04. The molecule has 1 atom stereocenters. The topological polar surface area (TPSA) is 20.3 Å². The fraction of sp³-hybridized carbons (Fsp3) is 0.214. The lowest BCUT2D eigenvalue weighted by Crippen LogP contribution is -2.29. The van der Waals surface area contributed by atoms with E-state index in [2.05, 4.69) is 28.6 Å². The summed E-state index contributed by atoms with van der Waals surface area (Å²) in [6.45, 7) is 2.03. The number of thiophene rings is 1. The third kappa shape index (κ3) is 3.22. The number of halogens is 1. The van der Waals surface area contributed by atoms with Crippen molar-refractivity contribution in [2.45, 2.75) is 17.9 Å². The van der Waals surface area contributed by atoms with E-state index >= 15 is 0 Å². The summed E-state index contributed by atoms with van der Waals surface area (Å²) in [6.07, 6.45) is 0. The lowest BCUT2D eigenvalue weighted by molar-refractivity contribution is 0.0744. The maximum atomic E-state index is 12.5. The summed E-state index contributed by atoms with van der Waals surface area (Å²) >= 11 is 9.36. The maximum Gasteiger partial charge on any atom is 0.255 e. The van der Waals surface area contributed by atoms with Crippen LogP contribution >= 0.6 is 39.9 Å². The van der Waals surface area contributed by atoms with Gasteiger partial charge < -0.3 is 4.90 Å². The zero-order valence-corrected chi connectivity index (χ0v) is 13.9. The molecule has 5 heteroatoms. The first-order valence-electron chi connectivity index (χ1n) is 5.79. The molecule has 1 heterocycles. The summed E-state index contributed by atoms with van der Waals surface area (Å²) in [6, 6.07) is 9.59. The predicted octanol–water partition coefficient (Wildman–Crippen LogP) is 4.63. The van der Waals surface area contributed by atoms with E-state index in [1.807, 2.05) is 43.6 Å². The Kier molecular flexibility index (Phi) is 4.71. The second-order valence-electron chi connectivity index (χ2n) is 4.27. The van der Waals surface area contributed by atoms with Crippen LogP contribution in [0, 0.1) is 0 Å². The van der Waals surface area contributed by atoms with Gasteiger partial charge in [-0.2, -0.15) is 0 Å². The Morgan fingerprint density at radius 2 is 2.16 bits per heavy atom. The molecule has 0 aliphatic heterocycles. The Bertz CT molecular complexity index is 583. The standard InChI is InChI=1S/C14H14BrNOS2/c1-9(13-4-3-7-19-13)16(2)14(17)11-8-10(18)5-6-12(11)15/h3-9,18H,1-2H3. The minimum atomic E-state index is -0.0105. The predicted molar refractivity (Wildman–Crippen MR) is 86.2 cm³/mol. The maximum absolute atomic E-state index is 12.5. The van der Waals surface area contributed by atoms with E-state index in [0.717, 1.165) is 9.37 Å². The van der Waals surface area contributed by atoms with Crippen LogP contribution in [-0.4, -0.2) is 17.9 Å². The van der Waals surface area contributed by atoms with Crippen LogP contribution in [0.2, 0.25) is 0 Å². The SMILES string of the molecule is CC(c1cccs1)N(C)C(=O)c1cc(S)ccc1Br. The Hall–Kier alpha value is -0.780. The highest BCUT2D eigenvalue weighted by Gasteiger charge is 2.21. The molecule has 0 N–H and O–H groups in total. The fourth-order valence-electron chi connectivity index (χ4n) is 1.76. The summed E-state index contributed by atoms with van der Waals surface area (Å²) in [5, 5.41) is 2.02. The van der Waals surface area contributed by atoms with Gasteiger partial charge in [-0.25, -0.2) is 0 Å². The zero-order valence-electron chi connectivity index (χ0n) is 10.6. The Morgan fingerprint density at radius 1 is 1.42 bits per heavy atom. The first-order chi connectivity index (χ1) is 9.00. The minimum absolute atomic E-state index is 0.0105. The van der Waals surface area contributed by atoms with Crippen molar-refractivity contribution in [1.82, 2.24) is 4.90 Å². The van der Waals surface area contributed by atoms with E-state index in [0.29, 0.717) is 5.56 Å². The van der Waals surface area contributed by atoms with Crippen molar-refractivity contribution in [3.05, 3.63) is 50.6 Å². The molecule has 0 aliphatic rings. The lowest BCUT2D eigenvalue weighted by atomic mass is 10.1. The number of carbonyl (C=O) groups is 1. The van der Waals surface area contributed by atoms with E-state index in [1.165, 1.54) is 4.88 Å². The number of carbonyl (C=O) groups excluding carboxylic acids is 1. The van der Waals surface area contributed by atoms with Crippen LogP contribution in [0.4, 0.5) is 0 Å². The van der Waals surface area contributed by atoms with Crippen molar-refractivity contribution in [3.63, 3.8) is 0 Å². The molecule has 1 aromatic heterocycles. The normalized spacial score (nSPS) is 12.2.